The van der Waals surface area contributed by atoms with Gasteiger partial charge in [-0.25, -0.2) is 0 Å². The van der Waals surface area contributed by atoms with Gasteiger partial charge in [-0.1, -0.05) is 12.1 Å². The number of halogens is 4. The summed E-state index contributed by atoms with van der Waals surface area (Å²) in [5, 5.41) is 6.23. The third-order valence-corrected chi connectivity index (χ3v) is 2.95. The SMILES string of the molecule is CCOCCCNC(=NC)NCc1cccc(OCC(F)(F)F)c1.I. The second kappa shape index (κ2) is 13.0. The minimum absolute atomic E-state index is 0. The van der Waals surface area contributed by atoms with Gasteiger partial charge in [0.15, 0.2) is 12.6 Å². The summed E-state index contributed by atoms with van der Waals surface area (Å²) in [7, 11) is 1.65. The van der Waals surface area contributed by atoms with Crippen molar-refractivity contribution in [1.29, 1.82) is 0 Å². The predicted octanol–water partition coefficient (Wildman–Crippen LogP) is 3.34. The molecule has 25 heavy (non-hydrogen) atoms. The summed E-state index contributed by atoms with van der Waals surface area (Å²) in [5.74, 6) is 0.805. The second-order valence-electron chi connectivity index (χ2n) is 4.95. The van der Waals surface area contributed by atoms with Gasteiger partial charge in [-0.15, -0.1) is 24.0 Å². The first-order valence-electron chi connectivity index (χ1n) is 7.75. The molecule has 0 amide bonds. The lowest BCUT2D eigenvalue weighted by molar-refractivity contribution is -0.153. The molecular weight excluding hydrogens is 450 g/mol. The maximum atomic E-state index is 12.2. The van der Waals surface area contributed by atoms with Crippen molar-refractivity contribution in [1.82, 2.24) is 10.6 Å². The third-order valence-electron chi connectivity index (χ3n) is 2.95. The van der Waals surface area contributed by atoms with Crippen molar-refractivity contribution < 1.29 is 22.6 Å². The summed E-state index contributed by atoms with van der Waals surface area (Å²) in [4.78, 5) is 4.09. The minimum atomic E-state index is -4.35. The fraction of sp³-hybridized carbons (Fsp3) is 0.562. The number of benzene rings is 1. The molecule has 5 nitrogen and oxygen atoms in total. The Morgan fingerprint density at radius 3 is 2.64 bits per heavy atom. The number of alkyl halides is 3. The fourth-order valence-electron chi connectivity index (χ4n) is 1.84. The topological polar surface area (TPSA) is 54.9 Å². The molecule has 9 heteroatoms. The Morgan fingerprint density at radius 2 is 2.00 bits per heavy atom. The smallest absolute Gasteiger partial charge is 0.422 e. The van der Waals surface area contributed by atoms with Crippen LogP contribution in [-0.4, -0.2) is 45.5 Å². The van der Waals surface area contributed by atoms with Crippen LogP contribution in [0.2, 0.25) is 0 Å². The van der Waals surface area contributed by atoms with Crippen LogP contribution in [-0.2, 0) is 11.3 Å². The molecule has 1 aromatic rings. The summed E-state index contributed by atoms with van der Waals surface area (Å²) >= 11 is 0. The first-order chi connectivity index (χ1) is 11.4. The van der Waals surface area contributed by atoms with Crippen LogP contribution in [0.25, 0.3) is 0 Å². The van der Waals surface area contributed by atoms with Gasteiger partial charge in [0.1, 0.15) is 5.75 Å². The zero-order valence-electron chi connectivity index (χ0n) is 14.4. The minimum Gasteiger partial charge on any atom is -0.484 e. The molecule has 0 unspecified atom stereocenters. The molecule has 0 radical (unpaired) electrons. The molecule has 144 valence electrons. The van der Waals surface area contributed by atoms with Crippen LogP contribution in [0.1, 0.15) is 18.9 Å². The highest BCUT2D eigenvalue weighted by atomic mass is 127. The van der Waals surface area contributed by atoms with Crippen molar-refractivity contribution in [3.63, 3.8) is 0 Å². The highest BCUT2D eigenvalue weighted by Crippen LogP contribution is 2.19. The lowest BCUT2D eigenvalue weighted by atomic mass is 10.2. The number of hydrogen-bond acceptors (Lipinski definition) is 3. The second-order valence-corrected chi connectivity index (χ2v) is 4.95. The summed E-state index contributed by atoms with van der Waals surface area (Å²) < 4.78 is 46.5. The highest BCUT2D eigenvalue weighted by Gasteiger charge is 2.28. The number of rotatable bonds is 9. The van der Waals surface area contributed by atoms with E-state index in [9.17, 15) is 13.2 Å². The maximum Gasteiger partial charge on any atom is 0.422 e. The van der Waals surface area contributed by atoms with Crippen LogP contribution in [0.3, 0.4) is 0 Å². The molecule has 0 fully saturated rings. The molecule has 1 rings (SSSR count). The van der Waals surface area contributed by atoms with Crippen LogP contribution in [0.15, 0.2) is 29.3 Å². The van der Waals surface area contributed by atoms with Gasteiger partial charge < -0.3 is 20.1 Å². The molecule has 2 N–H and O–H groups in total. The Kier molecular flexibility index (Phi) is 12.4. The number of aliphatic imine (C=N–C) groups is 1. The Balaban J connectivity index is 0.00000576. The van der Waals surface area contributed by atoms with E-state index in [-0.39, 0.29) is 29.7 Å². The van der Waals surface area contributed by atoms with E-state index in [0.29, 0.717) is 32.3 Å². The van der Waals surface area contributed by atoms with Crippen LogP contribution in [0.5, 0.6) is 5.75 Å². The van der Waals surface area contributed by atoms with Gasteiger partial charge in [0.05, 0.1) is 0 Å². The summed E-state index contributed by atoms with van der Waals surface area (Å²) in [6.45, 7) is 3.16. The Hall–Kier alpha value is -1.23. The molecule has 0 aliphatic carbocycles. The number of hydrogen-bond donors (Lipinski definition) is 2. The lowest BCUT2D eigenvalue weighted by Crippen LogP contribution is -2.37. The maximum absolute atomic E-state index is 12.2. The van der Waals surface area contributed by atoms with Crippen molar-refractivity contribution in [3.05, 3.63) is 29.8 Å². The fourth-order valence-corrected chi connectivity index (χ4v) is 1.84. The third kappa shape index (κ3) is 11.9. The van der Waals surface area contributed by atoms with Crippen LogP contribution in [0, 0.1) is 0 Å². The molecule has 0 heterocycles. The van der Waals surface area contributed by atoms with Crippen LogP contribution in [0.4, 0.5) is 13.2 Å². The van der Waals surface area contributed by atoms with Gasteiger partial charge in [0, 0.05) is 33.4 Å². The van der Waals surface area contributed by atoms with Gasteiger partial charge >= 0.3 is 6.18 Å². The van der Waals surface area contributed by atoms with Gasteiger partial charge in [0.25, 0.3) is 0 Å². The van der Waals surface area contributed by atoms with Crippen molar-refractivity contribution in [3.8, 4) is 5.75 Å². The van der Waals surface area contributed by atoms with Crippen molar-refractivity contribution in [2.24, 2.45) is 4.99 Å². The average Bonchev–Trinajstić information content (AvgIpc) is 2.55. The first-order valence-corrected chi connectivity index (χ1v) is 7.75. The van der Waals surface area contributed by atoms with E-state index in [4.69, 9.17) is 9.47 Å². The number of guanidine groups is 1. The summed E-state index contributed by atoms with van der Waals surface area (Å²) in [5.41, 5.74) is 0.798. The monoisotopic (exact) mass is 475 g/mol. The molecule has 0 bridgehead atoms. The normalized spacial score (nSPS) is 11.6. The molecule has 0 saturated carbocycles. The molecular formula is C16H25F3IN3O2. The molecule has 0 atom stereocenters. The van der Waals surface area contributed by atoms with Gasteiger partial charge in [0.2, 0.25) is 0 Å². The largest absolute Gasteiger partial charge is 0.484 e. The standard InChI is InChI=1S/C16H24F3N3O2.HI/c1-3-23-9-5-8-21-15(20-2)22-11-13-6-4-7-14(10-13)24-12-16(17,18)19;/h4,6-7,10H,3,5,8-9,11-12H2,1-2H3,(H2,20,21,22);1H. The molecule has 0 aliphatic rings. The van der Waals surface area contributed by atoms with E-state index in [1.165, 1.54) is 6.07 Å². The van der Waals surface area contributed by atoms with Gasteiger partial charge in [-0.2, -0.15) is 13.2 Å². The molecule has 0 aliphatic heterocycles. The van der Waals surface area contributed by atoms with Crippen LogP contribution >= 0.6 is 24.0 Å². The highest BCUT2D eigenvalue weighted by molar-refractivity contribution is 14.0. The first kappa shape index (κ1) is 23.8. The number of ether oxygens (including phenoxy) is 2. The lowest BCUT2D eigenvalue weighted by Gasteiger charge is -2.13. The summed E-state index contributed by atoms with van der Waals surface area (Å²) in [6, 6.07) is 6.52. The van der Waals surface area contributed by atoms with E-state index >= 15 is 0 Å². The van der Waals surface area contributed by atoms with E-state index < -0.39 is 12.8 Å². The Morgan fingerprint density at radius 1 is 1.24 bits per heavy atom. The summed E-state index contributed by atoms with van der Waals surface area (Å²) in [6.07, 6.45) is -3.49. The number of nitrogens with zero attached hydrogens (tertiary/aromatic N) is 1. The van der Waals surface area contributed by atoms with E-state index in [0.717, 1.165) is 12.0 Å². The molecule has 0 saturated heterocycles. The zero-order chi connectivity index (χ0) is 17.8. The predicted molar refractivity (Wildman–Crippen MR) is 103 cm³/mol. The van der Waals surface area contributed by atoms with Gasteiger partial charge in [-0.05, 0) is 31.0 Å². The zero-order valence-corrected chi connectivity index (χ0v) is 16.7. The molecule has 0 spiro atoms. The van der Waals surface area contributed by atoms with Crippen molar-refractivity contribution in [2.45, 2.75) is 26.1 Å². The van der Waals surface area contributed by atoms with Crippen LogP contribution < -0.4 is 15.4 Å². The Bertz CT molecular complexity index is 514. The van der Waals surface area contributed by atoms with Crippen molar-refractivity contribution in [2.75, 3.05) is 33.4 Å². The molecule has 0 aromatic heterocycles. The van der Waals surface area contributed by atoms with Crippen molar-refractivity contribution >= 4 is 29.9 Å². The molecule has 1 aromatic carbocycles. The van der Waals surface area contributed by atoms with E-state index in [1.54, 1.807) is 25.2 Å². The number of nitrogens with one attached hydrogen (secondary N) is 2. The quantitative estimate of drug-likeness (QED) is 0.249. The average molecular weight is 475 g/mol. The van der Waals surface area contributed by atoms with E-state index in [2.05, 4.69) is 15.6 Å². The van der Waals surface area contributed by atoms with Gasteiger partial charge in [-0.3, -0.25) is 4.99 Å². The van der Waals surface area contributed by atoms with E-state index in [1.807, 2.05) is 6.92 Å². The Labute approximate surface area is 163 Å².